The predicted molar refractivity (Wildman–Crippen MR) is 91.3 cm³/mol. The summed E-state index contributed by atoms with van der Waals surface area (Å²) in [7, 11) is 0. The first kappa shape index (κ1) is 18.0. The second-order valence-electron chi connectivity index (χ2n) is 5.88. The Kier molecular flexibility index (Phi) is 6.69. The summed E-state index contributed by atoms with van der Waals surface area (Å²) in [6.07, 6.45) is 2.22. The lowest BCUT2D eigenvalue weighted by Crippen LogP contribution is -2.45. The van der Waals surface area contributed by atoms with Crippen molar-refractivity contribution in [2.24, 2.45) is 0 Å². The van der Waals surface area contributed by atoms with Gasteiger partial charge in [-0.15, -0.1) is 12.4 Å². The van der Waals surface area contributed by atoms with Crippen molar-refractivity contribution in [3.8, 4) is 5.75 Å². The molecule has 0 aliphatic carbocycles. The first-order valence-electron chi connectivity index (χ1n) is 8.13. The third kappa shape index (κ3) is 4.37. The van der Waals surface area contributed by atoms with Gasteiger partial charge in [-0.05, 0) is 12.0 Å². The van der Waals surface area contributed by atoms with Crippen LogP contribution in [0.4, 0.5) is 0 Å². The molecule has 2 N–H and O–H groups in total. The monoisotopic (exact) mass is 340 g/mol. The highest BCUT2D eigenvalue weighted by Crippen LogP contribution is 2.35. The molecule has 5 nitrogen and oxygen atoms in total. The van der Waals surface area contributed by atoms with Gasteiger partial charge in [-0.3, -0.25) is 4.79 Å². The van der Waals surface area contributed by atoms with E-state index in [-0.39, 0.29) is 30.4 Å². The first-order valence-corrected chi connectivity index (χ1v) is 8.13. The Morgan fingerprint density at radius 3 is 3.00 bits per heavy atom. The molecule has 1 aromatic rings. The molecule has 0 spiro atoms. The molecular weight excluding hydrogens is 316 g/mol. The van der Waals surface area contributed by atoms with Crippen LogP contribution in [0.15, 0.2) is 18.2 Å². The van der Waals surface area contributed by atoms with Crippen LogP contribution >= 0.6 is 12.4 Å². The minimum atomic E-state index is 0. The molecule has 2 unspecified atom stereocenters. The molecule has 1 fully saturated rings. The van der Waals surface area contributed by atoms with Gasteiger partial charge in [-0.25, -0.2) is 0 Å². The lowest BCUT2D eigenvalue weighted by Gasteiger charge is -2.29. The average molecular weight is 341 g/mol. The molecule has 1 aromatic carbocycles. The number of para-hydroxylation sites is 1. The number of benzene rings is 1. The van der Waals surface area contributed by atoms with Gasteiger partial charge in [0.2, 0.25) is 5.91 Å². The Balaban J connectivity index is 0.00000192. The van der Waals surface area contributed by atoms with E-state index >= 15 is 0 Å². The summed E-state index contributed by atoms with van der Waals surface area (Å²) in [5.41, 5.74) is 2.31. The van der Waals surface area contributed by atoms with Crippen molar-refractivity contribution in [1.29, 1.82) is 0 Å². The van der Waals surface area contributed by atoms with E-state index in [4.69, 9.17) is 9.47 Å². The molecule has 0 saturated carbocycles. The van der Waals surface area contributed by atoms with Gasteiger partial charge in [0, 0.05) is 31.0 Å². The van der Waals surface area contributed by atoms with Crippen LogP contribution < -0.4 is 15.4 Å². The molecule has 2 aliphatic heterocycles. The van der Waals surface area contributed by atoms with Crippen LogP contribution in [0.2, 0.25) is 0 Å². The molecule has 3 rings (SSSR count). The molecule has 0 radical (unpaired) electrons. The van der Waals surface area contributed by atoms with E-state index in [1.807, 2.05) is 6.07 Å². The van der Waals surface area contributed by atoms with E-state index < -0.39 is 0 Å². The van der Waals surface area contributed by atoms with E-state index in [1.165, 1.54) is 5.56 Å². The van der Waals surface area contributed by atoms with Crippen LogP contribution in [0, 0.1) is 0 Å². The predicted octanol–water partition coefficient (Wildman–Crippen LogP) is 1.99. The number of hydrogen-bond donors (Lipinski definition) is 2. The zero-order chi connectivity index (χ0) is 15.4. The SMILES string of the molecule is CCc1cccc2c1OCCC2NC(=O)CC1COCCN1.Cl. The van der Waals surface area contributed by atoms with E-state index in [0.29, 0.717) is 19.6 Å². The molecule has 2 aliphatic rings. The van der Waals surface area contributed by atoms with Crippen LogP contribution in [0.25, 0.3) is 0 Å². The standard InChI is InChI=1S/C17H24N2O3.ClH/c1-2-12-4-3-5-14-15(6-8-22-17(12)14)19-16(20)10-13-11-21-9-7-18-13;/h3-5,13,15,18H,2,6-11H2,1H3,(H,19,20);1H. The fourth-order valence-corrected chi connectivity index (χ4v) is 3.15. The van der Waals surface area contributed by atoms with Gasteiger partial charge in [-0.1, -0.05) is 25.1 Å². The fraction of sp³-hybridized carbons (Fsp3) is 0.588. The molecule has 1 amide bonds. The van der Waals surface area contributed by atoms with Crippen molar-refractivity contribution in [2.75, 3.05) is 26.4 Å². The second-order valence-corrected chi connectivity index (χ2v) is 5.88. The van der Waals surface area contributed by atoms with Crippen molar-refractivity contribution in [3.05, 3.63) is 29.3 Å². The maximum atomic E-state index is 12.3. The molecule has 2 atom stereocenters. The molecule has 1 saturated heterocycles. The van der Waals surface area contributed by atoms with Gasteiger partial charge in [0.25, 0.3) is 0 Å². The smallest absolute Gasteiger partial charge is 0.222 e. The van der Waals surface area contributed by atoms with Crippen LogP contribution in [-0.4, -0.2) is 38.3 Å². The number of halogens is 1. The Bertz CT molecular complexity index is 533. The summed E-state index contributed by atoms with van der Waals surface area (Å²) in [6.45, 7) is 4.93. The van der Waals surface area contributed by atoms with Crippen molar-refractivity contribution >= 4 is 18.3 Å². The topological polar surface area (TPSA) is 59.6 Å². The van der Waals surface area contributed by atoms with E-state index in [2.05, 4.69) is 29.7 Å². The summed E-state index contributed by atoms with van der Waals surface area (Å²) in [6, 6.07) is 6.36. The van der Waals surface area contributed by atoms with Gasteiger partial charge in [0.15, 0.2) is 0 Å². The highest BCUT2D eigenvalue weighted by molar-refractivity contribution is 5.85. The number of ether oxygens (including phenoxy) is 2. The number of carbonyl (C=O) groups is 1. The zero-order valence-electron chi connectivity index (χ0n) is 13.5. The van der Waals surface area contributed by atoms with E-state index in [0.717, 1.165) is 37.3 Å². The van der Waals surface area contributed by atoms with Crippen LogP contribution in [0.3, 0.4) is 0 Å². The Morgan fingerprint density at radius 1 is 1.39 bits per heavy atom. The number of nitrogens with one attached hydrogen (secondary N) is 2. The van der Waals surface area contributed by atoms with Crippen LogP contribution in [0.1, 0.15) is 36.9 Å². The van der Waals surface area contributed by atoms with Crippen LogP contribution in [-0.2, 0) is 16.0 Å². The van der Waals surface area contributed by atoms with Crippen molar-refractivity contribution in [3.63, 3.8) is 0 Å². The fourth-order valence-electron chi connectivity index (χ4n) is 3.15. The number of hydrogen-bond acceptors (Lipinski definition) is 4. The number of rotatable bonds is 4. The third-order valence-corrected chi connectivity index (χ3v) is 4.30. The molecule has 6 heteroatoms. The highest BCUT2D eigenvalue weighted by atomic mass is 35.5. The average Bonchev–Trinajstić information content (AvgIpc) is 2.55. The lowest BCUT2D eigenvalue weighted by atomic mass is 9.96. The summed E-state index contributed by atoms with van der Waals surface area (Å²) in [4.78, 5) is 12.3. The molecule has 0 aromatic heterocycles. The van der Waals surface area contributed by atoms with Gasteiger partial charge >= 0.3 is 0 Å². The number of amides is 1. The maximum Gasteiger partial charge on any atom is 0.222 e. The first-order chi connectivity index (χ1) is 10.8. The van der Waals surface area contributed by atoms with Gasteiger partial charge in [0.1, 0.15) is 5.75 Å². The Hall–Kier alpha value is -1.30. The third-order valence-electron chi connectivity index (χ3n) is 4.30. The molecule has 128 valence electrons. The molecular formula is C17H25ClN2O3. The molecule has 0 bridgehead atoms. The van der Waals surface area contributed by atoms with Crippen LogP contribution in [0.5, 0.6) is 5.75 Å². The van der Waals surface area contributed by atoms with Crippen molar-refractivity contribution < 1.29 is 14.3 Å². The second kappa shape index (κ2) is 8.52. The highest BCUT2D eigenvalue weighted by Gasteiger charge is 2.25. The summed E-state index contributed by atoms with van der Waals surface area (Å²) in [5, 5.41) is 6.47. The number of aryl methyl sites for hydroxylation is 1. The lowest BCUT2D eigenvalue weighted by molar-refractivity contribution is -0.123. The van der Waals surface area contributed by atoms with Crippen molar-refractivity contribution in [1.82, 2.24) is 10.6 Å². The number of fused-ring (bicyclic) bond motifs is 1. The normalized spacial score (nSPS) is 23.2. The summed E-state index contributed by atoms with van der Waals surface area (Å²) >= 11 is 0. The quantitative estimate of drug-likeness (QED) is 0.880. The number of carbonyl (C=O) groups excluding carboxylic acids is 1. The largest absolute Gasteiger partial charge is 0.493 e. The zero-order valence-corrected chi connectivity index (χ0v) is 14.3. The summed E-state index contributed by atoms with van der Waals surface area (Å²) in [5.74, 6) is 1.03. The van der Waals surface area contributed by atoms with Gasteiger partial charge in [-0.2, -0.15) is 0 Å². The minimum absolute atomic E-state index is 0. The molecule has 2 heterocycles. The van der Waals surface area contributed by atoms with E-state index in [1.54, 1.807) is 0 Å². The minimum Gasteiger partial charge on any atom is -0.493 e. The van der Waals surface area contributed by atoms with Crippen molar-refractivity contribution in [2.45, 2.75) is 38.3 Å². The number of morpholine rings is 1. The summed E-state index contributed by atoms with van der Waals surface area (Å²) < 4.78 is 11.2. The maximum absolute atomic E-state index is 12.3. The van der Waals surface area contributed by atoms with Gasteiger partial charge < -0.3 is 20.1 Å². The Morgan fingerprint density at radius 2 is 2.26 bits per heavy atom. The van der Waals surface area contributed by atoms with E-state index in [9.17, 15) is 4.79 Å². The molecule has 23 heavy (non-hydrogen) atoms. The Labute approximate surface area is 143 Å². The van der Waals surface area contributed by atoms with Gasteiger partial charge in [0.05, 0.1) is 25.9 Å².